The van der Waals surface area contributed by atoms with Gasteiger partial charge in [0.2, 0.25) is 0 Å². The van der Waals surface area contributed by atoms with E-state index in [1.54, 1.807) is 12.4 Å². The molecule has 0 bridgehead atoms. The van der Waals surface area contributed by atoms with E-state index in [-0.39, 0.29) is 5.97 Å². The maximum atomic E-state index is 10.7. The molecule has 1 heterocycles. The van der Waals surface area contributed by atoms with Gasteiger partial charge >= 0.3 is 5.97 Å². The Morgan fingerprint density at radius 2 is 1.63 bits per heavy atom. The molecule has 1 atom stereocenters. The van der Waals surface area contributed by atoms with E-state index in [1.165, 1.54) is 84.0 Å². The van der Waals surface area contributed by atoms with E-state index in [2.05, 4.69) is 17.2 Å². The highest BCUT2D eigenvalue weighted by Gasteiger charge is 1.99. The summed E-state index contributed by atoms with van der Waals surface area (Å²) in [7, 11) is 0. The van der Waals surface area contributed by atoms with Gasteiger partial charge in [0.15, 0.2) is 6.23 Å². The number of aliphatic imine (C=N–C) groups is 1. The molecule has 0 amide bonds. The molecule has 0 aromatic carbocycles. The number of nitrogens with zero attached hydrogens (tertiary/aromatic N) is 1. The van der Waals surface area contributed by atoms with Crippen molar-refractivity contribution in [2.75, 3.05) is 13.1 Å². The Balaban J connectivity index is 0.00000115. The molecular formula is C22H43N3O2. The van der Waals surface area contributed by atoms with E-state index < -0.39 is 6.23 Å². The van der Waals surface area contributed by atoms with E-state index in [0.717, 1.165) is 19.5 Å². The third kappa shape index (κ3) is 22.6. The van der Waals surface area contributed by atoms with Crippen molar-refractivity contribution in [2.24, 2.45) is 10.7 Å². The van der Waals surface area contributed by atoms with E-state index >= 15 is 0 Å². The fourth-order valence-electron chi connectivity index (χ4n) is 2.89. The number of carbonyl (C=O) groups excluding carboxylic acids is 1. The number of allylic oxidation sites excluding steroid dienone is 1. The zero-order chi connectivity index (χ0) is 20.0. The zero-order valence-electron chi connectivity index (χ0n) is 17.8. The van der Waals surface area contributed by atoms with Crippen molar-refractivity contribution >= 4 is 12.3 Å². The summed E-state index contributed by atoms with van der Waals surface area (Å²) >= 11 is 0. The van der Waals surface area contributed by atoms with E-state index in [9.17, 15) is 4.79 Å². The minimum Gasteiger partial charge on any atom is -0.443 e. The summed E-state index contributed by atoms with van der Waals surface area (Å²) in [5.41, 5.74) is 5.59. The molecule has 0 saturated heterocycles. The van der Waals surface area contributed by atoms with Crippen LogP contribution in [0.15, 0.2) is 17.1 Å². The Morgan fingerprint density at radius 1 is 1.07 bits per heavy atom. The van der Waals surface area contributed by atoms with Crippen LogP contribution in [0.4, 0.5) is 0 Å². The van der Waals surface area contributed by atoms with Gasteiger partial charge in [-0.05, 0) is 18.9 Å². The monoisotopic (exact) mass is 381 g/mol. The molecule has 1 aliphatic heterocycles. The number of ether oxygens (including phenoxy) is 1. The van der Waals surface area contributed by atoms with Crippen LogP contribution >= 0.6 is 0 Å². The van der Waals surface area contributed by atoms with Gasteiger partial charge in [0, 0.05) is 13.5 Å². The van der Waals surface area contributed by atoms with Crippen LogP contribution in [-0.4, -0.2) is 31.6 Å². The van der Waals surface area contributed by atoms with Crippen LogP contribution in [0.25, 0.3) is 0 Å². The minimum absolute atomic E-state index is 0.331. The summed E-state index contributed by atoms with van der Waals surface area (Å²) in [5, 5.41) is 2.93. The molecule has 1 rings (SSSR count). The van der Waals surface area contributed by atoms with E-state index in [0.29, 0.717) is 0 Å². The highest BCUT2D eigenvalue weighted by molar-refractivity contribution is 5.66. The molecule has 0 aliphatic carbocycles. The third-order valence-corrected chi connectivity index (χ3v) is 4.42. The van der Waals surface area contributed by atoms with Crippen molar-refractivity contribution in [3.8, 4) is 0 Å². The Bertz CT molecular complexity index is 378. The smallest absolute Gasteiger partial charge is 0.304 e. The fraction of sp³-hybridized carbons (Fsp3) is 0.818. The number of carbonyl (C=O) groups is 1. The number of nitrogens with one attached hydrogen (secondary N) is 1. The predicted octanol–water partition coefficient (Wildman–Crippen LogP) is 5.10. The van der Waals surface area contributed by atoms with E-state index in [1.807, 2.05) is 6.08 Å². The number of unbranched alkanes of at least 4 members (excludes halogenated alkanes) is 12. The average Bonchev–Trinajstić information content (AvgIpc) is 3.21. The number of hydrogen-bond donors (Lipinski definition) is 2. The van der Waals surface area contributed by atoms with Crippen LogP contribution < -0.4 is 11.1 Å². The summed E-state index contributed by atoms with van der Waals surface area (Å²) < 4.78 is 4.82. The summed E-state index contributed by atoms with van der Waals surface area (Å²) in [6, 6.07) is 0. The first-order valence-corrected chi connectivity index (χ1v) is 11.0. The second-order valence-corrected chi connectivity index (χ2v) is 7.17. The topological polar surface area (TPSA) is 76.7 Å². The molecule has 0 saturated carbocycles. The highest BCUT2D eigenvalue weighted by Crippen LogP contribution is 2.12. The lowest BCUT2D eigenvalue weighted by Crippen LogP contribution is -2.23. The van der Waals surface area contributed by atoms with Crippen molar-refractivity contribution in [1.82, 2.24) is 5.32 Å². The lowest BCUT2D eigenvalue weighted by atomic mass is 10.0. The Morgan fingerprint density at radius 3 is 2.04 bits per heavy atom. The standard InChI is InChI=1S/C19H37NO2.C3H6N2/c1-3-4-5-6-7-8-9-10-11-12-13-14-15-16-17-19(20)22-18(2)21;1-2-5-3-4-1/h16-17,19H,3-15,20H2,1-2H3;3H,1-2H2,(H,4,5)/b17-16+;. The fourth-order valence-corrected chi connectivity index (χ4v) is 2.89. The molecular weight excluding hydrogens is 338 g/mol. The van der Waals surface area contributed by atoms with Crippen molar-refractivity contribution in [3.63, 3.8) is 0 Å². The molecule has 158 valence electrons. The third-order valence-electron chi connectivity index (χ3n) is 4.42. The highest BCUT2D eigenvalue weighted by atomic mass is 16.5. The minimum atomic E-state index is -0.588. The molecule has 5 heteroatoms. The normalized spacial score (nSPS) is 13.9. The molecule has 0 spiro atoms. The molecule has 0 fully saturated rings. The van der Waals surface area contributed by atoms with E-state index in [4.69, 9.17) is 10.5 Å². The average molecular weight is 382 g/mol. The van der Waals surface area contributed by atoms with Gasteiger partial charge in [-0.3, -0.25) is 15.5 Å². The van der Waals surface area contributed by atoms with Crippen LogP contribution in [0.1, 0.15) is 97.3 Å². The molecule has 0 radical (unpaired) electrons. The van der Waals surface area contributed by atoms with Crippen molar-refractivity contribution in [1.29, 1.82) is 0 Å². The Kier molecular flexibility index (Phi) is 19.9. The van der Waals surface area contributed by atoms with Crippen LogP contribution in [0.5, 0.6) is 0 Å². The van der Waals surface area contributed by atoms with Gasteiger partial charge in [-0.15, -0.1) is 0 Å². The number of hydrogen-bond acceptors (Lipinski definition) is 5. The van der Waals surface area contributed by atoms with Crippen LogP contribution in [-0.2, 0) is 9.53 Å². The number of rotatable bonds is 15. The Hall–Kier alpha value is -1.36. The second-order valence-electron chi connectivity index (χ2n) is 7.17. The lowest BCUT2D eigenvalue weighted by molar-refractivity contribution is -0.143. The van der Waals surface area contributed by atoms with Crippen molar-refractivity contribution < 1.29 is 9.53 Å². The maximum Gasteiger partial charge on any atom is 0.304 e. The van der Waals surface area contributed by atoms with Gasteiger partial charge in [-0.2, -0.15) is 0 Å². The summed E-state index contributed by atoms with van der Waals surface area (Å²) in [5.74, 6) is -0.331. The molecule has 5 nitrogen and oxygen atoms in total. The number of esters is 1. The van der Waals surface area contributed by atoms with Gasteiger partial charge < -0.3 is 10.1 Å². The van der Waals surface area contributed by atoms with Gasteiger partial charge in [0.05, 0.1) is 12.9 Å². The molecule has 27 heavy (non-hydrogen) atoms. The summed E-state index contributed by atoms with van der Waals surface area (Å²) in [6.45, 7) is 5.63. The predicted molar refractivity (Wildman–Crippen MR) is 116 cm³/mol. The van der Waals surface area contributed by atoms with Gasteiger partial charge in [0.25, 0.3) is 0 Å². The molecule has 3 N–H and O–H groups in total. The summed E-state index contributed by atoms with van der Waals surface area (Å²) in [6.07, 6.45) is 22.4. The molecule has 0 aromatic heterocycles. The first-order valence-electron chi connectivity index (χ1n) is 11.0. The van der Waals surface area contributed by atoms with Crippen molar-refractivity contribution in [3.05, 3.63) is 12.2 Å². The quantitative estimate of drug-likeness (QED) is 0.179. The van der Waals surface area contributed by atoms with Crippen molar-refractivity contribution in [2.45, 2.75) is 104 Å². The maximum absolute atomic E-state index is 10.7. The SMILES string of the molecule is C1=NCCN1.CCCCCCCCCCCCCC/C=C/C(N)OC(C)=O. The molecule has 1 aliphatic rings. The lowest BCUT2D eigenvalue weighted by Gasteiger charge is -2.05. The Labute approximate surface area is 167 Å². The van der Waals surface area contributed by atoms with Gasteiger partial charge in [0.1, 0.15) is 0 Å². The first kappa shape index (κ1) is 25.6. The van der Waals surface area contributed by atoms with Gasteiger partial charge in [-0.1, -0.05) is 83.6 Å². The zero-order valence-corrected chi connectivity index (χ0v) is 17.8. The van der Waals surface area contributed by atoms with Crippen LogP contribution in [0.3, 0.4) is 0 Å². The van der Waals surface area contributed by atoms with Gasteiger partial charge in [-0.25, -0.2) is 0 Å². The van der Waals surface area contributed by atoms with Crippen LogP contribution in [0, 0.1) is 0 Å². The number of nitrogens with two attached hydrogens (primary N) is 1. The molecule has 0 aromatic rings. The first-order chi connectivity index (χ1) is 13.2. The van der Waals surface area contributed by atoms with Crippen LogP contribution in [0.2, 0.25) is 0 Å². The summed E-state index contributed by atoms with van der Waals surface area (Å²) in [4.78, 5) is 14.5. The molecule has 1 unspecified atom stereocenters. The largest absolute Gasteiger partial charge is 0.443 e. The second kappa shape index (κ2) is 20.9.